The molecule has 0 radical (unpaired) electrons. The second-order valence-corrected chi connectivity index (χ2v) is 15.7. The van der Waals surface area contributed by atoms with Crippen LogP contribution in [-0.2, 0) is 56.2 Å². The molecule has 6 aliphatic heterocycles. The first-order valence-electron chi connectivity index (χ1n) is 19.6. The maximum Gasteiger partial charge on any atom is 0.214 e. The van der Waals surface area contributed by atoms with Crippen LogP contribution >= 0.6 is 0 Å². The Morgan fingerprint density at radius 1 is 0.484 bits per heavy atom. The van der Waals surface area contributed by atoms with Crippen molar-refractivity contribution in [1.29, 1.82) is 0 Å². The first-order valence-corrected chi connectivity index (χ1v) is 19.6. The fourth-order valence-corrected chi connectivity index (χ4v) is 9.11. The topological polar surface area (TPSA) is 85.5 Å². The van der Waals surface area contributed by atoms with Gasteiger partial charge in [-0.3, -0.25) is 9.97 Å². The third kappa shape index (κ3) is 5.62. The molecule has 0 aliphatic carbocycles. The first-order chi connectivity index (χ1) is 29.3. The van der Waals surface area contributed by atoms with Crippen molar-refractivity contribution in [3.05, 3.63) is 136 Å². The van der Waals surface area contributed by atoms with Gasteiger partial charge in [-0.1, -0.05) is 0 Å². The van der Waals surface area contributed by atoms with Crippen LogP contribution in [0.1, 0.15) is 0 Å². The zero-order chi connectivity index (χ0) is 40.0. The largest absolute Gasteiger partial charge is 0.514 e. The summed E-state index contributed by atoms with van der Waals surface area (Å²) in [5.74, 6) is 6.44. The van der Waals surface area contributed by atoms with E-state index in [9.17, 15) is 0 Å². The number of benzene rings is 5. The molecule has 12 nitrogen and oxygen atoms in total. The van der Waals surface area contributed by atoms with Gasteiger partial charge in [-0.25, -0.2) is 0 Å². The molecule has 0 saturated carbocycles. The first kappa shape index (κ1) is 38.8. The Balaban J connectivity index is 0.00000216. The number of ether oxygens (including phenoxy) is 4. The SMILES string of the molecule is CN1C=CN(c2[c-]c3c(cc2)Oc2c4c5c(c6c2B3c2[c-]c(-c3nccn3C)ccc2O6)Oc2ccc(-c3nccn3C)[c-]c2B5c2[c-]c(N3C=CN(C)[CH-]3)ccc2O4)[CH-]1.[Pt].[Pt]. The van der Waals surface area contributed by atoms with Gasteiger partial charge in [0.25, 0.3) is 0 Å². The summed E-state index contributed by atoms with van der Waals surface area (Å²) < 4.78 is 32.2. The smallest absolute Gasteiger partial charge is 0.214 e. The van der Waals surface area contributed by atoms with Crippen LogP contribution in [0.2, 0.25) is 0 Å². The predicted molar refractivity (Wildman–Crippen MR) is 229 cm³/mol. The summed E-state index contributed by atoms with van der Waals surface area (Å²) in [7, 11) is 7.96. The van der Waals surface area contributed by atoms with Crippen molar-refractivity contribution in [2.75, 3.05) is 23.9 Å². The van der Waals surface area contributed by atoms with Gasteiger partial charge >= 0.3 is 0 Å². The van der Waals surface area contributed by atoms with Gasteiger partial charge in [0, 0.05) is 115 Å². The average molecular weight is 1170 g/mol. The zero-order valence-corrected chi connectivity index (χ0v) is 37.9. The van der Waals surface area contributed by atoms with E-state index in [1.807, 2.05) is 156 Å². The van der Waals surface area contributed by atoms with E-state index in [0.717, 1.165) is 66.9 Å². The van der Waals surface area contributed by atoms with Crippen LogP contribution in [0.3, 0.4) is 0 Å². The number of hydrogen-bond acceptors (Lipinski definition) is 10. The van der Waals surface area contributed by atoms with Crippen molar-refractivity contribution >= 4 is 57.6 Å². The fraction of sp³-hybridized carbons (Fsp3) is 0.0870. The molecule has 0 bridgehead atoms. The van der Waals surface area contributed by atoms with Crippen LogP contribution in [0.4, 0.5) is 11.4 Å². The van der Waals surface area contributed by atoms with Crippen LogP contribution in [0.5, 0.6) is 46.0 Å². The molecule has 13 rings (SSSR count). The van der Waals surface area contributed by atoms with Gasteiger partial charge in [0.05, 0.1) is 11.6 Å². The van der Waals surface area contributed by atoms with E-state index in [1.54, 1.807) is 12.4 Å². The van der Waals surface area contributed by atoms with Crippen LogP contribution in [-0.4, -0.2) is 56.4 Å². The minimum Gasteiger partial charge on any atom is -0.514 e. The van der Waals surface area contributed by atoms with E-state index in [1.165, 1.54) is 0 Å². The summed E-state index contributed by atoms with van der Waals surface area (Å²) in [5.41, 5.74) is 8.34. The van der Waals surface area contributed by atoms with E-state index in [0.29, 0.717) is 46.0 Å². The Labute approximate surface area is 387 Å². The van der Waals surface area contributed by atoms with Crippen molar-refractivity contribution in [1.82, 2.24) is 28.9 Å². The number of nitrogens with zero attached hydrogens (tertiary/aromatic N) is 8. The van der Waals surface area contributed by atoms with Gasteiger partial charge in [-0.05, 0) is 38.9 Å². The van der Waals surface area contributed by atoms with Crippen LogP contribution in [0.25, 0.3) is 22.8 Å². The maximum absolute atomic E-state index is 7.05. The summed E-state index contributed by atoms with van der Waals surface area (Å²) in [4.78, 5) is 17.4. The minimum absolute atomic E-state index is 0. The van der Waals surface area contributed by atoms with Crippen LogP contribution < -0.4 is 61.5 Å². The molecule has 2 aromatic heterocycles. The van der Waals surface area contributed by atoms with Crippen molar-refractivity contribution in [2.24, 2.45) is 14.1 Å². The number of aromatic nitrogens is 4. The Bertz CT molecular complexity index is 2880. The number of aryl methyl sites for hydroxylation is 2. The summed E-state index contributed by atoms with van der Waals surface area (Å²) in [5, 5.41) is 0. The fourth-order valence-electron chi connectivity index (χ4n) is 9.11. The molecule has 0 spiro atoms. The molecular weight excluding hydrogens is 1140 g/mol. The number of imidazole rings is 2. The van der Waals surface area contributed by atoms with Gasteiger partial charge in [-0.2, -0.15) is 25.5 Å². The Morgan fingerprint density at radius 2 is 0.855 bits per heavy atom. The van der Waals surface area contributed by atoms with Gasteiger partial charge in [0.2, 0.25) is 13.4 Å². The molecule has 0 N–H and O–H groups in total. The molecule has 5 aromatic carbocycles. The molecule has 0 fully saturated rings. The normalized spacial score (nSPS) is 15.2. The summed E-state index contributed by atoms with van der Waals surface area (Å²) in [6.07, 6.45) is 15.5. The number of fused-ring (bicyclic) bond motifs is 10. The zero-order valence-electron chi connectivity index (χ0n) is 33.4. The van der Waals surface area contributed by atoms with Gasteiger partial charge in [-0.15, -0.1) is 105 Å². The van der Waals surface area contributed by atoms with E-state index in [4.69, 9.17) is 18.9 Å². The van der Waals surface area contributed by atoms with Crippen molar-refractivity contribution in [3.63, 3.8) is 0 Å². The van der Waals surface area contributed by atoms with E-state index >= 15 is 0 Å². The van der Waals surface area contributed by atoms with Crippen molar-refractivity contribution < 1.29 is 61.1 Å². The van der Waals surface area contributed by atoms with Crippen LogP contribution in [0, 0.1) is 37.6 Å². The van der Waals surface area contributed by atoms with Gasteiger partial charge < -0.3 is 47.7 Å². The van der Waals surface area contributed by atoms with E-state index in [-0.39, 0.29) is 42.1 Å². The standard InChI is InChI=1S/C46H30B2N8O4.2Pt/c1-51-17-19-55(25-51)29-7-11-37-33(23-29)47-31-21-27(45-49-13-15-53(45)3)5-9-35(31)57-41-39(47)43(59-37)44-40-42(41)58-36-10-6-28(46-50-14-16-54(46)4)22-32(36)48(40)34-24-30(8-12-38(34)60-44)56-20-18-52(2)26-56;;/h5-20,25-26H,1-4H3;;/q-6;;. The predicted octanol–water partition coefficient (Wildman–Crippen LogP) is 3.82. The molecule has 7 aromatic rings. The summed E-state index contributed by atoms with van der Waals surface area (Å²) >= 11 is 0. The molecule has 0 unspecified atom stereocenters. The quantitative estimate of drug-likeness (QED) is 0.192. The molecule has 310 valence electrons. The molecule has 0 atom stereocenters. The van der Waals surface area contributed by atoms with Gasteiger partial charge in [0.15, 0.2) is 23.0 Å². The second kappa shape index (κ2) is 14.2. The third-order valence-electron chi connectivity index (χ3n) is 11.9. The number of anilines is 2. The van der Waals surface area contributed by atoms with Crippen LogP contribution in [0.15, 0.2) is 98.1 Å². The Hall–Kier alpha value is -6.09. The molecule has 16 heteroatoms. The Kier molecular flexibility index (Phi) is 8.90. The molecule has 8 heterocycles. The average Bonchev–Trinajstić information content (AvgIpc) is 4.10. The molecule has 62 heavy (non-hydrogen) atoms. The van der Waals surface area contributed by atoms with Gasteiger partial charge in [0.1, 0.15) is 0 Å². The third-order valence-corrected chi connectivity index (χ3v) is 11.9. The number of rotatable bonds is 4. The monoisotopic (exact) mass is 1170 g/mol. The molecule has 0 amide bonds. The van der Waals surface area contributed by atoms with E-state index in [2.05, 4.69) is 34.2 Å². The summed E-state index contributed by atoms with van der Waals surface area (Å²) in [6.45, 7) is 3.19. The Morgan fingerprint density at radius 3 is 1.19 bits per heavy atom. The van der Waals surface area contributed by atoms with Crippen molar-refractivity contribution in [3.8, 4) is 68.8 Å². The van der Waals surface area contributed by atoms with Crippen molar-refractivity contribution in [2.45, 2.75) is 0 Å². The second-order valence-electron chi connectivity index (χ2n) is 15.7. The number of hydrogen-bond donors (Lipinski definition) is 0. The minimum atomic E-state index is -0.414. The molecule has 6 aliphatic rings. The summed E-state index contributed by atoms with van der Waals surface area (Å²) in [6, 6.07) is 31.0. The maximum atomic E-state index is 7.05. The molecular formula is C46H30B2N8O4Pt2-6. The molecule has 0 saturated heterocycles. The van der Waals surface area contributed by atoms with E-state index < -0.39 is 13.4 Å².